The number of nitrogens with zero attached hydrogens (tertiary/aromatic N) is 1. The molecular formula is C24H17N3O2. The van der Waals surface area contributed by atoms with E-state index in [1.54, 1.807) is 30.5 Å². The van der Waals surface area contributed by atoms with E-state index in [0.29, 0.717) is 17.2 Å². The summed E-state index contributed by atoms with van der Waals surface area (Å²) in [6, 6.07) is 26.1. The molecule has 0 aliphatic carbocycles. The van der Waals surface area contributed by atoms with Crippen LogP contribution in [0.2, 0.25) is 0 Å². The van der Waals surface area contributed by atoms with Crippen molar-refractivity contribution in [3.05, 3.63) is 96.2 Å². The van der Waals surface area contributed by atoms with Gasteiger partial charge in [0.25, 0.3) is 5.91 Å². The number of nitrogens with one attached hydrogen (secondary N) is 2. The Bertz CT molecular complexity index is 1230. The second-order valence-corrected chi connectivity index (χ2v) is 6.32. The lowest BCUT2D eigenvalue weighted by Crippen LogP contribution is -2.14. The molecule has 0 spiro atoms. The van der Waals surface area contributed by atoms with E-state index < -0.39 is 5.91 Å². The van der Waals surface area contributed by atoms with E-state index in [1.165, 1.54) is 0 Å². The zero-order valence-corrected chi connectivity index (χ0v) is 15.4. The Hall–Kier alpha value is -4.30. The molecule has 0 unspecified atom stereocenters. The summed E-state index contributed by atoms with van der Waals surface area (Å²) in [5, 5.41) is 13.3. The van der Waals surface area contributed by atoms with Crippen molar-refractivity contribution >= 4 is 28.6 Å². The molecule has 0 bridgehead atoms. The van der Waals surface area contributed by atoms with E-state index in [9.17, 15) is 10.1 Å². The van der Waals surface area contributed by atoms with Gasteiger partial charge in [-0.2, -0.15) is 5.26 Å². The van der Waals surface area contributed by atoms with Gasteiger partial charge in [0.2, 0.25) is 0 Å². The Kier molecular flexibility index (Phi) is 5.08. The first kappa shape index (κ1) is 18.1. The topological polar surface area (TPSA) is 77.9 Å². The van der Waals surface area contributed by atoms with Crippen LogP contribution in [-0.2, 0) is 4.79 Å². The summed E-state index contributed by atoms with van der Waals surface area (Å²) >= 11 is 0. The van der Waals surface area contributed by atoms with Crippen LogP contribution in [0.15, 0.2) is 90.6 Å². The number of ether oxygens (including phenoxy) is 1. The van der Waals surface area contributed by atoms with Crippen molar-refractivity contribution in [1.82, 2.24) is 4.98 Å². The second kappa shape index (κ2) is 8.15. The van der Waals surface area contributed by atoms with Gasteiger partial charge in [0, 0.05) is 22.7 Å². The fraction of sp³-hybridized carbons (Fsp3) is 0. The molecule has 1 aromatic heterocycles. The standard InChI is InChI=1S/C24H17N3O2/c25-15-17(14-18-16-26-21-11-5-4-10-20(18)21)24(28)27-22-12-6-7-13-23(22)29-19-8-2-1-3-9-19/h1-14,16,26H,(H,27,28)/b17-14+. The first-order valence-corrected chi connectivity index (χ1v) is 9.06. The molecule has 5 heteroatoms. The number of benzene rings is 3. The van der Waals surface area contributed by atoms with Crippen molar-refractivity contribution in [3.63, 3.8) is 0 Å². The number of anilines is 1. The Labute approximate surface area is 167 Å². The number of nitriles is 1. The quantitative estimate of drug-likeness (QED) is 0.355. The zero-order chi connectivity index (χ0) is 20.1. The molecule has 1 heterocycles. The van der Waals surface area contributed by atoms with Crippen LogP contribution in [0.1, 0.15) is 5.56 Å². The maximum Gasteiger partial charge on any atom is 0.266 e. The highest BCUT2D eigenvalue weighted by atomic mass is 16.5. The Balaban J connectivity index is 1.59. The normalized spacial score (nSPS) is 11.1. The van der Waals surface area contributed by atoms with E-state index in [-0.39, 0.29) is 5.57 Å². The van der Waals surface area contributed by atoms with Crippen LogP contribution in [0.25, 0.3) is 17.0 Å². The number of aromatic nitrogens is 1. The summed E-state index contributed by atoms with van der Waals surface area (Å²) < 4.78 is 5.87. The summed E-state index contributed by atoms with van der Waals surface area (Å²) in [6.07, 6.45) is 3.36. The summed E-state index contributed by atoms with van der Waals surface area (Å²) in [4.78, 5) is 15.9. The predicted octanol–water partition coefficient (Wildman–Crippen LogP) is 5.51. The molecule has 0 atom stereocenters. The SMILES string of the molecule is N#C/C(=C\c1c[nH]c2ccccc12)C(=O)Nc1ccccc1Oc1ccccc1. The number of fused-ring (bicyclic) bond motifs is 1. The van der Waals surface area contributed by atoms with Gasteiger partial charge in [-0.1, -0.05) is 48.5 Å². The third kappa shape index (κ3) is 4.02. The Morgan fingerprint density at radius 1 is 0.966 bits per heavy atom. The highest BCUT2D eigenvalue weighted by molar-refractivity contribution is 6.11. The number of carbonyl (C=O) groups is 1. The number of para-hydroxylation sites is 4. The van der Waals surface area contributed by atoms with Crippen molar-refractivity contribution < 1.29 is 9.53 Å². The third-order valence-electron chi connectivity index (χ3n) is 4.39. The van der Waals surface area contributed by atoms with E-state index in [4.69, 9.17) is 4.74 Å². The Morgan fingerprint density at radius 2 is 1.69 bits per heavy atom. The average molecular weight is 379 g/mol. The molecule has 0 saturated heterocycles. The van der Waals surface area contributed by atoms with Gasteiger partial charge in [0.15, 0.2) is 5.75 Å². The molecule has 4 rings (SSSR count). The maximum absolute atomic E-state index is 12.7. The number of H-pyrrole nitrogens is 1. The smallest absolute Gasteiger partial charge is 0.266 e. The van der Waals surface area contributed by atoms with Crippen LogP contribution in [-0.4, -0.2) is 10.9 Å². The number of hydrogen-bond donors (Lipinski definition) is 2. The van der Waals surface area contributed by atoms with Gasteiger partial charge in [-0.25, -0.2) is 0 Å². The average Bonchev–Trinajstić information content (AvgIpc) is 3.17. The van der Waals surface area contributed by atoms with Crippen LogP contribution < -0.4 is 10.1 Å². The van der Waals surface area contributed by atoms with E-state index in [1.807, 2.05) is 66.7 Å². The highest BCUT2D eigenvalue weighted by Gasteiger charge is 2.14. The van der Waals surface area contributed by atoms with Gasteiger partial charge >= 0.3 is 0 Å². The third-order valence-corrected chi connectivity index (χ3v) is 4.39. The Morgan fingerprint density at radius 3 is 2.52 bits per heavy atom. The van der Waals surface area contributed by atoms with Crippen LogP contribution in [0, 0.1) is 11.3 Å². The molecule has 0 aliphatic heterocycles. The lowest BCUT2D eigenvalue weighted by Gasteiger charge is -2.12. The number of carbonyl (C=O) groups excluding carboxylic acids is 1. The van der Waals surface area contributed by atoms with Crippen LogP contribution in [0.5, 0.6) is 11.5 Å². The van der Waals surface area contributed by atoms with Gasteiger partial charge in [-0.05, 0) is 36.4 Å². The summed E-state index contributed by atoms with van der Waals surface area (Å²) in [5.41, 5.74) is 2.21. The van der Waals surface area contributed by atoms with Gasteiger partial charge in [-0.15, -0.1) is 0 Å². The molecule has 1 amide bonds. The summed E-state index contributed by atoms with van der Waals surface area (Å²) in [6.45, 7) is 0. The molecule has 3 aromatic carbocycles. The fourth-order valence-corrected chi connectivity index (χ4v) is 2.98. The molecule has 5 nitrogen and oxygen atoms in total. The van der Waals surface area contributed by atoms with Crippen molar-refractivity contribution in [2.45, 2.75) is 0 Å². The molecule has 0 saturated carbocycles. The lowest BCUT2D eigenvalue weighted by atomic mass is 10.1. The number of amides is 1. The number of rotatable bonds is 5. The van der Waals surface area contributed by atoms with Crippen LogP contribution in [0.4, 0.5) is 5.69 Å². The van der Waals surface area contributed by atoms with Crippen LogP contribution >= 0.6 is 0 Å². The molecule has 0 aliphatic rings. The van der Waals surface area contributed by atoms with Gasteiger partial charge in [-0.3, -0.25) is 4.79 Å². The largest absolute Gasteiger partial charge is 0.455 e. The predicted molar refractivity (Wildman–Crippen MR) is 113 cm³/mol. The monoisotopic (exact) mass is 379 g/mol. The molecule has 4 aromatic rings. The molecule has 2 N–H and O–H groups in total. The maximum atomic E-state index is 12.7. The van der Waals surface area contributed by atoms with Gasteiger partial charge in [0.1, 0.15) is 17.4 Å². The van der Waals surface area contributed by atoms with E-state index in [0.717, 1.165) is 16.5 Å². The molecule has 140 valence electrons. The number of hydrogen-bond acceptors (Lipinski definition) is 3. The molecular weight excluding hydrogens is 362 g/mol. The zero-order valence-electron chi connectivity index (χ0n) is 15.4. The minimum Gasteiger partial charge on any atom is -0.455 e. The summed E-state index contributed by atoms with van der Waals surface area (Å²) in [7, 11) is 0. The van der Waals surface area contributed by atoms with E-state index in [2.05, 4.69) is 10.3 Å². The van der Waals surface area contributed by atoms with E-state index >= 15 is 0 Å². The molecule has 29 heavy (non-hydrogen) atoms. The van der Waals surface area contributed by atoms with Crippen LogP contribution in [0.3, 0.4) is 0 Å². The summed E-state index contributed by atoms with van der Waals surface area (Å²) in [5.74, 6) is 0.655. The lowest BCUT2D eigenvalue weighted by molar-refractivity contribution is -0.112. The first-order chi connectivity index (χ1) is 14.2. The minimum absolute atomic E-state index is 0.00395. The minimum atomic E-state index is -0.498. The second-order valence-electron chi connectivity index (χ2n) is 6.32. The van der Waals surface area contributed by atoms with Gasteiger partial charge in [0.05, 0.1) is 5.69 Å². The molecule has 0 radical (unpaired) electrons. The number of aromatic amines is 1. The highest BCUT2D eigenvalue weighted by Crippen LogP contribution is 2.29. The van der Waals surface area contributed by atoms with Crippen molar-refractivity contribution in [2.24, 2.45) is 0 Å². The van der Waals surface area contributed by atoms with Gasteiger partial charge < -0.3 is 15.0 Å². The fourth-order valence-electron chi connectivity index (χ4n) is 2.98. The molecule has 0 fully saturated rings. The van der Waals surface area contributed by atoms with Crippen molar-refractivity contribution in [1.29, 1.82) is 5.26 Å². The van der Waals surface area contributed by atoms with Crippen molar-refractivity contribution in [2.75, 3.05) is 5.32 Å². The van der Waals surface area contributed by atoms with Crippen molar-refractivity contribution in [3.8, 4) is 17.6 Å². The first-order valence-electron chi connectivity index (χ1n) is 9.06.